The molecule has 0 fully saturated rings. The topological polar surface area (TPSA) is 81.7 Å². The minimum Gasteiger partial charge on any atom is -0.486 e. The van der Waals surface area contributed by atoms with Crippen LogP contribution >= 0.6 is 23.2 Å². The highest BCUT2D eigenvalue weighted by molar-refractivity contribution is 7.91. The summed E-state index contributed by atoms with van der Waals surface area (Å²) in [5, 5.41) is 3.32. The molecule has 1 heterocycles. The van der Waals surface area contributed by atoms with Gasteiger partial charge in [0.1, 0.15) is 13.2 Å². The monoisotopic (exact) mass is 415 g/mol. The highest BCUT2D eigenvalue weighted by Crippen LogP contribution is 2.32. The van der Waals surface area contributed by atoms with Crippen molar-refractivity contribution >= 4 is 44.6 Å². The first-order valence-corrected chi connectivity index (χ1v) is 10.1. The van der Waals surface area contributed by atoms with E-state index in [1.54, 1.807) is 6.07 Å². The molecule has 1 aliphatic rings. The summed E-state index contributed by atoms with van der Waals surface area (Å²) in [6, 6.07) is 9.00. The van der Waals surface area contributed by atoms with Gasteiger partial charge in [-0.1, -0.05) is 23.2 Å². The molecule has 1 amide bonds. The molecule has 0 radical (unpaired) electrons. The van der Waals surface area contributed by atoms with Gasteiger partial charge in [-0.2, -0.15) is 0 Å². The summed E-state index contributed by atoms with van der Waals surface area (Å²) in [7, 11) is -3.65. The number of sulfone groups is 1. The van der Waals surface area contributed by atoms with E-state index in [1.165, 1.54) is 30.3 Å². The quantitative estimate of drug-likeness (QED) is 0.806. The second-order valence-electron chi connectivity index (χ2n) is 5.58. The van der Waals surface area contributed by atoms with Crippen molar-refractivity contribution < 1.29 is 22.7 Å². The van der Waals surface area contributed by atoms with Gasteiger partial charge in [0.15, 0.2) is 21.3 Å². The first-order valence-electron chi connectivity index (χ1n) is 7.72. The Balaban J connectivity index is 1.65. The average molecular weight is 416 g/mol. The molecule has 1 N–H and O–H groups in total. The Morgan fingerprint density at radius 1 is 1.00 bits per heavy atom. The fourth-order valence-corrected chi connectivity index (χ4v) is 4.19. The van der Waals surface area contributed by atoms with Crippen molar-refractivity contribution in [1.82, 2.24) is 0 Å². The van der Waals surface area contributed by atoms with Crippen LogP contribution in [0.4, 0.5) is 5.69 Å². The van der Waals surface area contributed by atoms with Crippen LogP contribution in [0.15, 0.2) is 41.3 Å². The number of anilines is 1. The van der Waals surface area contributed by atoms with Crippen molar-refractivity contribution in [3.63, 3.8) is 0 Å². The summed E-state index contributed by atoms with van der Waals surface area (Å²) in [5.74, 6) is 0.0952. The SMILES string of the molecule is O=C(CCS(=O)(=O)c1ccc2c(c1)OCCO2)Nc1cc(Cl)cc(Cl)c1. The van der Waals surface area contributed by atoms with Crippen molar-refractivity contribution in [2.24, 2.45) is 0 Å². The molecular formula is C17H15Cl2NO5S. The van der Waals surface area contributed by atoms with E-state index in [9.17, 15) is 13.2 Å². The number of nitrogens with one attached hydrogen (secondary N) is 1. The van der Waals surface area contributed by atoms with Gasteiger partial charge in [-0.3, -0.25) is 4.79 Å². The molecule has 0 saturated carbocycles. The van der Waals surface area contributed by atoms with Crippen LogP contribution in [0.3, 0.4) is 0 Å². The molecule has 2 aromatic rings. The predicted octanol–water partition coefficient (Wildman–Crippen LogP) is 3.57. The molecule has 6 nitrogen and oxygen atoms in total. The van der Waals surface area contributed by atoms with Crippen LogP contribution in [-0.4, -0.2) is 33.3 Å². The maximum Gasteiger partial charge on any atom is 0.225 e. The first-order chi connectivity index (χ1) is 12.3. The third-order valence-electron chi connectivity index (χ3n) is 3.62. The van der Waals surface area contributed by atoms with Crippen LogP contribution in [0.25, 0.3) is 0 Å². The fraction of sp³-hybridized carbons (Fsp3) is 0.235. The van der Waals surface area contributed by atoms with Crippen molar-refractivity contribution in [2.45, 2.75) is 11.3 Å². The summed E-state index contributed by atoms with van der Waals surface area (Å²) >= 11 is 11.7. The lowest BCUT2D eigenvalue weighted by Crippen LogP contribution is -2.18. The number of carbonyl (C=O) groups is 1. The Morgan fingerprint density at radius 3 is 2.35 bits per heavy atom. The lowest BCUT2D eigenvalue weighted by atomic mass is 10.3. The van der Waals surface area contributed by atoms with E-state index in [1.807, 2.05) is 0 Å². The molecule has 0 atom stereocenters. The second-order valence-corrected chi connectivity index (χ2v) is 8.56. The van der Waals surface area contributed by atoms with Crippen molar-refractivity contribution in [3.8, 4) is 11.5 Å². The van der Waals surface area contributed by atoms with Crippen LogP contribution in [0, 0.1) is 0 Å². The molecule has 26 heavy (non-hydrogen) atoms. The van der Waals surface area contributed by atoms with Crippen LogP contribution < -0.4 is 14.8 Å². The van der Waals surface area contributed by atoms with Gasteiger partial charge < -0.3 is 14.8 Å². The molecule has 0 aliphatic carbocycles. The molecule has 0 bridgehead atoms. The van der Waals surface area contributed by atoms with Crippen molar-refractivity contribution in [2.75, 3.05) is 24.3 Å². The van der Waals surface area contributed by atoms with Crippen molar-refractivity contribution in [1.29, 1.82) is 0 Å². The summed E-state index contributed by atoms with van der Waals surface area (Å²) < 4.78 is 35.7. The zero-order chi connectivity index (χ0) is 18.7. The number of fused-ring (bicyclic) bond motifs is 1. The Hall–Kier alpha value is -1.96. The first kappa shape index (κ1) is 18.8. The van der Waals surface area contributed by atoms with E-state index in [-0.39, 0.29) is 17.1 Å². The third-order valence-corrected chi connectivity index (χ3v) is 5.77. The number of hydrogen-bond donors (Lipinski definition) is 1. The number of hydrogen-bond acceptors (Lipinski definition) is 5. The van der Waals surface area contributed by atoms with Crippen LogP contribution in [0.5, 0.6) is 11.5 Å². The van der Waals surface area contributed by atoms with Crippen LogP contribution in [0.2, 0.25) is 10.0 Å². The molecule has 0 saturated heterocycles. The lowest BCUT2D eigenvalue weighted by molar-refractivity contribution is -0.115. The highest BCUT2D eigenvalue weighted by atomic mass is 35.5. The van der Waals surface area contributed by atoms with Gasteiger partial charge in [0.05, 0.1) is 10.6 Å². The normalized spacial score (nSPS) is 13.3. The second kappa shape index (κ2) is 7.73. The van der Waals surface area contributed by atoms with Gasteiger partial charge in [-0.05, 0) is 30.3 Å². The standard InChI is InChI=1S/C17H15Cl2NO5S/c18-11-7-12(19)9-13(8-11)20-17(21)3-6-26(22,23)14-1-2-15-16(10-14)25-5-4-24-15/h1-2,7-10H,3-6H2,(H,20,21). The maximum absolute atomic E-state index is 12.5. The van der Waals surface area contributed by atoms with E-state index in [0.29, 0.717) is 40.4 Å². The van der Waals surface area contributed by atoms with Gasteiger partial charge in [-0.25, -0.2) is 8.42 Å². The smallest absolute Gasteiger partial charge is 0.225 e. The van der Waals surface area contributed by atoms with Gasteiger partial charge in [-0.15, -0.1) is 0 Å². The molecule has 138 valence electrons. The maximum atomic E-state index is 12.5. The number of carbonyl (C=O) groups excluding carboxylic acids is 1. The number of ether oxygens (including phenoxy) is 2. The largest absolute Gasteiger partial charge is 0.486 e. The van der Waals surface area contributed by atoms with Gasteiger partial charge >= 0.3 is 0 Å². The zero-order valence-corrected chi connectivity index (χ0v) is 15.8. The Bertz CT molecular complexity index is 926. The summed E-state index contributed by atoms with van der Waals surface area (Å²) in [5.41, 5.74) is 0.407. The molecular weight excluding hydrogens is 401 g/mol. The average Bonchev–Trinajstić information content (AvgIpc) is 2.59. The Labute approximate surface area is 160 Å². The van der Waals surface area contributed by atoms with Gasteiger partial charge in [0.25, 0.3) is 0 Å². The molecule has 2 aromatic carbocycles. The fourth-order valence-electron chi connectivity index (χ4n) is 2.41. The van der Waals surface area contributed by atoms with Gasteiger partial charge in [0.2, 0.25) is 5.91 Å². The minimum absolute atomic E-state index is 0.0837. The van der Waals surface area contributed by atoms with E-state index >= 15 is 0 Å². The molecule has 3 rings (SSSR count). The molecule has 0 aromatic heterocycles. The predicted molar refractivity (Wildman–Crippen MR) is 99.2 cm³/mol. The van der Waals surface area contributed by atoms with E-state index in [4.69, 9.17) is 32.7 Å². The summed E-state index contributed by atoms with van der Waals surface area (Å²) in [4.78, 5) is 12.1. The van der Waals surface area contributed by atoms with E-state index in [2.05, 4.69) is 5.32 Å². The minimum atomic E-state index is -3.65. The molecule has 1 aliphatic heterocycles. The van der Waals surface area contributed by atoms with E-state index < -0.39 is 15.7 Å². The number of halogens is 2. The molecule has 9 heteroatoms. The zero-order valence-electron chi connectivity index (χ0n) is 13.5. The molecule has 0 unspecified atom stereocenters. The van der Waals surface area contributed by atoms with Crippen LogP contribution in [0.1, 0.15) is 6.42 Å². The molecule has 0 spiro atoms. The van der Waals surface area contributed by atoms with Crippen molar-refractivity contribution in [3.05, 3.63) is 46.4 Å². The Kier molecular flexibility index (Phi) is 5.60. The number of benzene rings is 2. The summed E-state index contributed by atoms with van der Waals surface area (Å²) in [6.45, 7) is 0.786. The van der Waals surface area contributed by atoms with E-state index in [0.717, 1.165) is 0 Å². The Morgan fingerprint density at radius 2 is 1.65 bits per heavy atom. The lowest BCUT2D eigenvalue weighted by Gasteiger charge is -2.18. The summed E-state index contributed by atoms with van der Waals surface area (Å²) in [6.07, 6.45) is -0.207. The van der Waals surface area contributed by atoms with Crippen LogP contribution in [-0.2, 0) is 14.6 Å². The number of rotatable bonds is 5. The highest BCUT2D eigenvalue weighted by Gasteiger charge is 2.20. The van der Waals surface area contributed by atoms with Gasteiger partial charge in [0, 0.05) is 28.2 Å². The third kappa shape index (κ3) is 4.60. The number of amides is 1.